The van der Waals surface area contributed by atoms with Gasteiger partial charge in [0.2, 0.25) is 0 Å². The quantitative estimate of drug-likeness (QED) is 0.811. The largest absolute Gasteiger partial charge is 0.497 e. The predicted octanol–water partition coefficient (Wildman–Crippen LogP) is 1.33. The smallest absolute Gasteiger partial charge is 0.339 e. The first-order valence-corrected chi connectivity index (χ1v) is 5.23. The highest BCUT2D eigenvalue weighted by molar-refractivity contribution is 5.91. The molecule has 0 heterocycles. The average Bonchev–Trinajstić information content (AvgIpc) is 2.28. The Kier molecular flexibility index (Phi) is 4.78. The summed E-state index contributed by atoms with van der Waals surface area (Å²) >= 11 is 0. The van der Waals surface area contributed by atoms with Gasteiger partial charge < -0.3 is 19.5 Å². The van der Waals surface area contributed by atoms with E-state index >= 15 is 0 Å². The Hall–Kier alpha value is -1.75. The summed E-state index contributed by atoms with van der Waals surface area (Å²) in [5, 5.41) is 9.01. The summed E-state index contributed by atoms with van der Waals surface area (Å²) in [5.41, 5.74) is 0.143. The number of rotatable bonds is 6. The lowest BCUT2D eigenvalue weighted by atomic mass is 10.2. The first-order chi connectivity index (χ1) is 8.04. The van der Waals surface area contributed by atoms with Crippen LogP contribution in [-0.4, -0.2) is 50.3 Å². The number of methoxy groups -OCH3 is 1. The molecule has 0 saturated heterocycles. The van der Waals surface area contributed by atoms with Crippen LogP contribution < -0.4 is 9.47 Å². The van der Waals surface area contributed by atoms with Gasteiger partial charge in [-0.25, -0.2) is 4.79 Å². The zero-order valence-electron chi connectivity index (χ0n) is 10.3. The molecule has 0 spiro atoms. The molecule has 1 aromatic carbocycles. The van der Waals surface area contributed by atoms with Crippen molar-refractivity contribution >= 4 is 5.97 Å². The van der Waals surface area contributed by atoms with Crippen LogP contribution in [0.2, 0.25) is 0 Å². The van der Waals surface area contributed by atoms with E-state index in [-0.39, 0.29) is 5.56 Å². The first kappa shape index (κ1) is 13.3. The Morgan fingerprint density at radius 1 is 1.41 bits per heavy atom. The molecular formula is C12H17NO4. The minimum atomic E-state index is -1.01. The van der Waals surface area contributed by atoms with E-state index in [2.05, 4.69) is 0 Å². The molecule has 0 aromatic heterocycles. The average molecular weight is 239 g/mol. The SMILES string of the molecule is COc1ccc(C(=O)O)c(OCCN(C)C)c1. The second kappa shape index (κ2) is 6.10. The molecule has 0 saturated carbocycles. The van der Waals surface area contributed by atoms with Gasteiger partial charge in [-0.05, 0) is 26.2 Å². The second-order valence-corrected chi connectivity index (χ2v) is 3.82. The third-order valence-electron chi connectivity index (χ3n) is 2.22. The van der Waals surface area contributed by atoms with E-state index in [1.165, 1.54) is 13.2 Å². The van der Waals surface area contributed by atoms with Crippen LogP contribution in [-0.2, 0) is 0 Å². The van der Waals surface area contributed by atoms with Crippen molar-refractivity contribution in [3.63, 3.8) is 0 Å². The summed E-state index contributed by atoms with van der Waals surface area (Å²) in [6, 6.07) is 4.66. The predicted molar refractivity (Wildman–Crippen MR) is 64.0 cm³/mol. The highest BCUT2D eigenvalue weighted by Gasteiger charge is 2.12. The zero-order valence-corrected chi connectivity index (χ0v) is 10.3. The number of carboxylic acid groups (broad SMARTS) is 1. The maximum atomic E-state index is 11.0. The summed E-state index contributed by atoms with van der Waals surface area (Å²) in [4.78, 5) is 12.9. The summed E-state index contributed by atoms with van der Waals surface area (Å²) in [5.74, 6) is -0.0962. The normalized spacial score (nSPS) is 10.4. The minimum Gasteiger partial charge on any atom is -0.497 e. The molecule has 5 nitrogen and oxygen atoms in total. The molecule has 0 aliphatic heterocycles. The van der Waals surface area contributed by atoms with E-state index in [0.717, 1.165) is 6.54 Å². The monoisotopic (exact) mass is 239 g/mol. The molecular weight excluding hydrogens is 222 g/mol. The van der Waals surface area contributed by atoms with Gasteiger partial charge in [-0.1, -0.05) is 0 Å². The van der Waals surface area contributed by atoms with Crippen LogP contribution in [0.15, 0.2) is 18.2 Å². The number of carbonyl (C=O) groups is 1. The van der Waals surface area contributed by atoms with E-state index in [9.17, 15) is 4.79 Å². The third-order valence-corrected chi connectivity index (χ3v) is 2.22. The van der Waals surface area contributed by atoms with Crippen molar-refractivity contribution in [2.75, 3.05) is 34.4 Å². The van der Waals surface area contributed by atoms with Crippen molar-refractivity contribution in [2.24, 2.45) is 0 Å². The van der Waals surface area contributed by atoms with Crippen molar-refractivity contribution < 1.29 is 19.4 Å². The molecule has 0 aliphatic carbocycles. The van der Waals surface area contributed by atoms with Crippen LogP contribution in [0.5, 0.6) is 11.5 Å². The molecule has 17 heavy (non-hydrogen) atoms. The summed E-state index contributed by atoms with van der Waals surface area (Å²) < 4.78 is 10.5. The van der Waals surface area contributed by atoms with Gasteiger partial charge in [-0.3, -0.25) is 0 Å². The molecule has 1 N–H and O–H groups in total. The lowest BCUT2D eigenvalue weighted by molar-refractivity contribution is 0.0692. The van der Waals surface area contributed by atoms with Crippen LogP contribution in [0.4, 0.5) is 0 Å². The maximum Gasteiger partial charge on any atom is 0.339 e. The molecule has 0 amide bonds. The van der Waals surface area contributed by atoms with Gasteiger partial charge in [0.05, 0.1) is 7.11 Å². The van der Waals surface area contributed by atoms with Crippen molar-refractivity contribution in [1.82, 2.24) is 4.90 Å². The first-order valence-electron chi connectivity index (χ1n) is 5.23. The molecule has 0 aliphatic rings. The van der Waals surface area contributed by atoms with Crippen LogP contribution in [0.1, 0.15) is 10.4 Å². The van der Waals surface area contributed by atoms with Crippen molar-refractivity contribution in [1.29, 1.82) is 0 Å². The Balaban J connectivity index is 2.82. The van der Waals surface area contributed by atoms with Gasteiger partial charge in [0.1, 0.15) is 23.7 Å². The molecule has 0 atom stereocenters. The number of nitrogens with zero attached hydrogens (tertiary/aromatic N) is 1. The Morgan fingerprint density at radius 3 is 2.65 bits per heavy atom. The summed E-state index contributed by atoms with van der Waals surface area (Å²) in [6.45, 7) is 1.15. The number of benzene rings is 1. The fourth-order valence-electron chi connectivity index (χ4n) is 1.26. The standard InChI is InChI=1S/C12H17NO4/c1-13(2)6-7-17-11-8-9(16-3)4-5-10(11)12(14)15/h4-5,8H,6-7H2,1-3H3,(H,14,15). The van der Waals surface area contributed by atoms with Gasteiger partial charge >= 0.3 is 5.97 Å². The van der Waals surface area contributed by atoms with Crippen molar-refractivity contribution in [3.05, 3.63) is 23.8 Å². The topological polar surface area (TPSA) is 59.0 Å². The number of hydrogen-bond donors (Lipinski definition) is 1. The van der Waals surface area contributed by atoms with Gasteiger partial charge in [0.25, 0.3) is 0 Å². The third kappa shape index (κ3) is 3.96. The molecule has 1 aromatic rings. The number of ether oxygens (including phenoxy) is 2. The zero-order chi connectivity index (χ0) is 12.8. The van der Waals surface area contributed by atoms with Crippen LogP contribution in [0.3, 0.4) is 0 Å². The number of carboxylic acids is 1. The molecule has 0 bridgehead atoms. The Labute approximate surface area is 101 Å². The molecule has 5 heteroatoms. The van der Waals surface area contributed by atoms with Crippen molar-refractivity contribution in [2.45, 2.75) is 0 Å². The molecule has 0 fully saturated rings. The van der Waals surface area contributed by atoms with E-state index in [0.29, 0.717) is 18.1 Å². The highest BCUT2D eigenvalue weighted by atomic mass is 16.5. The van der Waals surface area contributed by atoms with E-state index < -0.39 is 5.97 Å². The van der Waals surface area contributed by atoms with Gasteiger partial charge in [-0.2, -0.15) is 0 Å². The van der Waals surface area contributed by atoms with E-state index in [4.69, 9.17) is 14.6 Å². The lowest BCUT2D eigenvalue weighted by Crippen LogP contribution is -2.20. The lowest BCUT2D eigenvalue weighted by Gasteiger charge is -2.13. The fraction of sp³-hybridized carbons (Fsp3) is 0.417. The molecule has 0 unspecified atom stereocenters. The molecule has 0 radical (unpaired) electrons. The number of likely N-dealkylation sites (N-methyl/N-ethyl adjacent to an activating group) is 1. The fourth-order valence-corrected chi connectivity index (χ4v) is 1.26. The minimum absolute atomic E-state index is 0.143. The van der Waals surface area contributed by atoms with Crippen LogP contribution in [0, 0.1) is 0 Å². The van der Waals surface area contributed by atoms with E-state index in [1.54, 1.807) is 12.1 Å². The van der Waals surface area contributed by atoms with E-state index in [1.807, 2.05) is 19.0 Å². The number of hydrogen-bond acceptors (Lipinski definition) is 4. The van der Waals surface area contributed by atoms with Crippen molar-refractivity contribution in [3.8, 4) is 11.5 Å². The number of aromatic carboxylic acids is 1. The Bertz CT molecular complexity index is 390. The Morgan fingerprint density at radius 2 is 2.12 bits per heavy atom. The van der Waals surface area contributed by atoms with Gasteiger partial charge in [-0.15, -0.1) is 0 Å². The van der Waals surface area contributed by atoms with Gasteiger partial charge in [0.15, 0.2) is 0 Å². The van der Waals surface area contributed by atoms with Gasteiger partial charge in [0, 0.05) is 12.6 Å². The molecule has 1 rings (SSSR count). The molecule has 94 valence electrons. The highest BCUT2D eigenvalue weighted by Crippen LogP contribution is 2.24. The second-order valence-electron chi connectivity index (χ2n) is 3.82. The summed E-state index contributed by atoms with van der Waals surface area (Å²) in [6.07, 6.45) is 0. The maximum absolute atomic E-state index is 11.0. The summed E-state index contributed by atoms with van der Waals surface area (Å²) in [7, 11) is 5.37. The van der Waals surface area contributed by atoms with Crippen LogP contribution >= 0.6 is 0 Å². The van der Waals surface area contributed by atoms with Crippen LogP contribution in [0.25, 0.3) is 0 Å².